The minimum absolute atomic E-state index is 0.869. The van der Waals surface area contributed by atoms with E-state index < -0.39 is 0 Å². The fourth-order valence-corrected chi connectivity index (χ4v) is 11.3. The van der Waals surface area contributed by atoms with Crippen LogP contribution in [0.15, 0.2) is 0 Å². The molecule has 34 heavy (non-hydrogen) atoms. The maximum atomic E-state index is 2.65. The van der Waals surface area contributed by atoms with E-state index in [0.717, 1.165) is 118 Å². The van der Waals surface area contributed by atoms with E-state index in [2.05, 4.69) is 96.9 Å². The van der Waals surface area contributed by atoms with Crippen LogP contribution in [0.3, 0.4) is 0 Å². The predicted molar refractivity (Wildman–Crippen MR) is 149 cm³/mol. The van der Waals surface area contributed by atoms with E-state index in [-0.39, 0.29) is 0 Å². The highest BCUT2D eigenvalue weighted by Gasteiger charge is 2.62. The van der Waals surface area contributed by atoms with Crippen LogP contribution in [-0.2, 0) is 0 Å². The van der Waals surface area contributed by atoms with E-state index in [1.165, 1.54) is 0 Å². The zero-order chi connectivity index (χ0) is 25.5. The fraction of sp³-hybridized carbons (Fsp3) is 1.00. The molecule has 4 aliphatic carbocycles. The van der Waals surface area contributed by atoms with Crippen molar-refractivity contribution in [1.29, 1.82) is 0 Å². The first-order valence-corrected chi connectivity index (χ1v) is 15.7. The Morgan fingerprint density at radius 1 is 0.265 bits per heavy atom. The number of hydrogen-bond donors (Lipinski definition) is 0. The lowest BCUT2D eigenvalue weighted by molar-refractivity contribution is 0.215. The Labute approximate surface area is 215 Å². The third kappa shape index (κ3) is 4.36. The van der Waals surface area contributed by atoms with Gasteiger partial charge in [0, 0.05) is 0 Å². The van der Waals surface area contributed by atoms with E-state index in [1.807, 2.05) is 0 Å². The molecule has 0 aromatic carbocycles. The molecule has 18 unspecified atom stereocenters. The van der Waals surface area contributed by atoms with Gasteiger partial charge >= 0.3 is 0 Å². The highest BCUT2D eigenvalue weighted by Crippen LogP contribution is 2.67. The van der Waals surface area contributed by atoms with E-state index in [9.17, 15) is 0 Å². The van der Waals surface area contributed by atoms with Crippen molar-refractivity contribution in [3.05, 3.63) is 0 Å². The molecule has 0 amide bonds. The molecular weight excluding hydrogens is 408 g/mol. The van der Waals surface area contributed by atoms with Gasteiger partial charge in [-0.15, -0.1) is 0 Å². The molecule has 0 spiro atoms. The summed E-state index contributed by atoms with van der Waals surface area (Å²) in [4.78, 5) is 0. The summed E-state index contributed by atoms with van der Waals surface area (Å²) in [6.45, 7) is 35.8. The Morgan fingerprint density at radius 3 is 0.559 bits per heavy atom. The lowest BCUT2D eigenvalue weighted by Crippen LogP contribution is -2.21. The van der Waals surface area contributed by atoms with Gasteiger partial charge in [0.15, 0.2) is 0 Å². The summed E-state index contributed by atoms with van der Waals surface area (Å²) in [5, 5.41) is 0. The molecule has 4 rings (SSSR count). The van der Waals surface area contributed by atoms with Gasteiger partial charge < -0.3 is 0 Å². The number of hydrogen-bond acceptors (Lipinski definition) is 0. The first-order valence-electron chi connectivity index (χ1n) is 15.7. The SMILES string of the molecule is CC(C)C1C(C)C1C(C)C(C)C1C(C)C1C(C)C(C)C1C(C)C1C(C)C(C)C1C(C)C1C(C)C. The molecule has 198 valence electrons. The van der Waals surface area contributed by atoms with Crippen LogP contribution in [0, 0.1) is 118 Å². The van der Waals surface area contributed by atoms with Gasteiger partial charge in [0.2, 0.25) is 0 Å². The zero-order valence-corrected chi connectivity index (χ0v) is 25.5. The average Bonchev–Trinajstić information content (AvgIpc) is 3.66. The quantitative estimate of drug-likeness (QED) is 0.282. The van der Waals surface area contributed by atoms with Gasteiger partial charge in [0.1, 0.15) is 0 Å². The second-order valence-corrected chi connectivity index (χ2v) is 15.7. The third-order valence-electron chi connectivity index (χ3n) is 13.7. The second kappa shape index (κ2) is 9.39. The fourth-order valence-electron chi connectivity index (χ4n) is 11.3. The van der Waals surface area contributed by atoms with E-state index in [4.69, 9.17) is 0 Å². The van der Waals surface area contributed by atoms with Crippen LogP contribution in [0.4, 0.5) is 0 Å². The topological polar surface area (TPSA) is 0 Å². The normalized spacial score (nSPS) is 50.5. The molecule has 4 saturated carbocycles. The van der Waals surface area contributed by atoms with Crippen LogP contribution in [0.25, 0.3) is 0 Å². The van der Waals surface area contributed by atoms with Crippen LogP contribution in [0.2, 0.25) is 0 Å². The second-order valence-electron chi connectivity index (χ2n) is 15.7. The van der Waals surface area contributed by atoms with Gasteiger partial charge in [-0.3, -0.25) is 0 Å². The Morgan fingerprint density at radius 2 is 0.412 bits per heavy atom. The molecule has 0 aromatic rings. The Hall–Kier alpha value is 0. The van der Waals surface area contributed by atoms with Gasteiger partial charge in [-0.1, -0.05) is 96.9 Å². The smallest absolute Gasteiger partial charge is 0.0323 e. The van der Waals surface area contributed by atoms with Gasteiger partial charge in [-0.25, -0.2) is 0 Å². The molecule has 18 atom stereocenters. The highest BCUT2D eigenvalue weighted by molar-refractivity contribution is 5.10. The molecule has 0 N–H and O–H groups in total. The monoisotopic (exact) mass is 470 g/mol. The Balaban J connectivity index is 1.33. The lowest BCUT2D eigenvalue weighted by atomic mass is 9.79. The largest absolute Gasteiger partial charge is 0.0625 e. The molecule has 0 aromatic heterocycles. The van der Waals surface area contributed by atoms with E-state index in [0.29, 0.717) is 0 Å². The highest BCUT2D eigenvalue weighted by atomic mass is 14.7. The summed E-state index contributed by atoms with van der Waals surface area (Å²) in [5.41, 5.74) is 0. The molecule has 4 aliphatic rings. The van der Waals surface area contributed by atoms with Crippen molar-refractivity contribution in [3.8, 4) is 0 Å². The molecule has 0 aliphatic heterocycles. The predicted octanol–water partition coefficient (Wildman–Crippen LogP) is 9.64. The molecule has 0 nitrogen and oxygen atoms in total. The van der Waals surface area contributed by atoms with Crippen LogP contribution < -0.4 is 0 Å². The summed E-state index contributed by atoms with van der Waals surface area (Å²) in [6.07, 6.45) is 0. The minimum Gasteiger partial charge on any atom is -0.0625 e. The van der Waals surface area contributed by atoms with Gasteiger partial charge in [-0.2, -0.15) is 0 Å². The molecule has 0 heteroatoms. The summed E-state index contributed by atoms with van der Waals surface area (Å²) in [5.74, 6) is 18.9. The summed E-state index contributed by atoms with van der Waals surface area (Å²) >= 11 is 0. The zero-order valence-electron chi connectivity index (χ0n) is 25.5. The molecular formula is C34H62. The van der Waals surface area contributed by atoms with E-state index >= 15 is 0 Å². The Bertz CT molecular complexity index is 645. The third-order valence-corrected chi connectivity index (χ3v) is 13.7. The Kier molecular flexibility index (Phi) is 7.47. The van der Waals surface area contributed by atoms with E-state index in [1.54, 1.807) is 0 Å². The van der Waals surface area contributed by atoms with Gasteiger partial charge in [0.05, 0.1) is 0 Å². The van der Waals surface area contributed by atoms with Crippen LogP contribution in [0.5, 0.6) is 0 Å². The van der Waals surface area contributed by atoms with Crippen molar-refractivity contribution in [2.24, 2.45) is 118 Å². The first-order chi connectivity index (χ1) is 15.7. The summed E-state index contributed by atoms with van der Waals surface area (Å²) in [6, 6.07) is 0. The summed E-state index contributed by atoms with van der Waals surface area (Å²) in [7, 11) is 0. The van der Waals surface area contributed by atoms with Crippen LogP contribution in [-0.4, -0.2) is 0 Å². The first kappa shape index (κ1) is 27.0. The van der Waals surface area contributed by atoms with Gasteiger partial charge in [-0.05, 0) is 118 Å². The molecule has 0 bridgehead atoms. The van der Waals surface area contributed by atoms with Crippen molar-refractivity contribution in [3.63, 3.8) is 0 Å². The van der Waals surface area contributed by atoms with Crippen molar-refractivity contribution in [2.75, 3.05) is 0 Å². The average molecular weight is 471 g/mol. The number of rotatable bonds is 11. The van der Waals surface area contributed by atoms with Gasteiger partial charge in [0.25, 0.3) is 0 Å². The van der Waals surface area contributed by atoms with Crippen molar-refractivity contribution in [2.45, 2.75) is 96.9 Å². The van der Waals surface area contributed by atoms with Crippen molar-refractivity contribution >= 4 is 0 Å². The summed E-state index contributed by atoms with van der Waals surface area (Å²) < 4.78 is 0. The van der Waals surface area contributed by atoms with Crippen LogP contribution in [0.1, 0.15) is 96.9 Å². The molecule has 0 saturated heterocycles. The standard InChI is InChI=1S/C34H62/c1-15(2)27-23(11)29(27)17(5)19(7)31-25(13)33(31)21(9)22(10)34-26(14)32(34)20(8)18(6)30-24(12)28(30)16(3)4/h15-34H,1-14H3. The lowest BCUT2D eigenvalue weighted by Gasteiger charge is -2.26. The molecule has 4 fully saturated rings. The minimum atomic E-state index is 0.869. The maximum Gasteiger partial charge on any atom is -0.0323 e. The molecule has 0 radical (unpaired) electrons. The van der Waals surface area contributed by atoms with Crippen molar-refractivity contribution < 1.29 is 0 Å². The van der Waals surface area contributed by atoms with Crippen LogP contribution >= 0.6 is 0 Å². The maximum absolute atomic E-state index is 2.65. The van der Waals surface area contributed by atoms with Crippen molar-refractivity contribution in [1.82, 2.24) is 0 Å². The molecule has 0 heterocycles.